The van der Waals surface area contributed by atoms with Gasteiger partial charge in [-0.25, -0.2) is 68.6 Å². The Hall–Kier alpha value is -16.5. The standard InChI is InChI=1S/C21H20N10O2.C16H12N6O3.3C10H18N4O2.C9H19NO5S.C8H17NO3.C5H10N4.C2H3N3.CH4/c1-12(10-30-7-5-25-29-30)26-20(32)18-19(22)28-17(21-23-6-8-33-21)16(27-18)14-3-4-15-24-9-13(2)31(15)11-14;1-8-6-19-10-3-2-9(7-22(8)10)11-12(15-18-4-5-25-15)21-14(17)13(20-11)16(23)24;2*1-8(7-14-6-5-11-13-14)12-9(15)16-10(2,3)4;1-8(7-14-11-5-6-12-14)13-9(15)16-10(2,3)4;1-7(6-14-16(5,12)13)10-8(11)15-9(2,3)4;1-6(5-10)9-7(11)12-8(2,3)4;1-5(6)4-9-3-2-7-8-9;1-2-4-5-3-1;/h3-9,11-12H,10H2,1-2H3,(H2,22,28)(H,26,32);2-7H,1H3,(H2,17,21)(H,23,24);2*5-6,8H,7H2,1-4H3,(H,12,15);5-6,8H,7H2,1-4H3,(H,13,15);7H,6H2,1-5H3,(H,10,11);6,10H,5H2,1-4H3,(H,9,11);2-3,5H,4,6H2,1H3;1-2H,(H,3,4,5);1H4/t12-;;3*8-;7-;6-;5-;;/m0.000000../s1. The summed E-state index contributed by atoms with van der Waals surface area (Å²) in [6.07, 6.45) is 31.4. The maximum atomic E-state index is 13.0. The third-order valence-electron chi connectivity index (χ3n) is 17.4. The Balaban J connectivity index is 0.000000305. The van der Waals surface area contributed by atoms with Crippen LogP contribution in [0.25, 0.3) is 57.0 Å². The fourth-order valence-corrected chi connectivity index (χ4v) is 12.1. The molecule has 0 aliphatic carbocycles. The number of carboxylic acids is 1. The molecule has 0 aliphatic rings. The number of ether oxygens (including phenoxy) is 5. The number of nitrogens with zero attached hydrogens (tertiary/aromatic N) is 27. The number of aliphatic hydroxyl groups is 1. The number of oxazole rings is 2. The van der Waals surface area contributed by atoms with Crippen molar-refractivity contribution in [1.29, 1.82) is 0 Å². The normalized spacial score (nSPS) is 12.6. The SMILES string of the molecule is C.C[C@@H](CO)NC(=O)OC(C)(C)C.C[C@@H](COS(C)(=O)=O)NC(=O)OC(C)(C)C.C[C@@H](Cn1ccnn1)NC(=O)OC(C)(C)C.C[C@@H](Cn1ccnn1)NC(=O)OC(C)(C)C.C[C@@H](Cn1nccn1)NC(=O)OC(C)(C)C.C[C@H](N)Cn1ccnn1.Cc1cnc2ccc(-c3nc(C(=O)N[C@@H](C)Cn4ccnn4)c(N)nc3-c3ncco3)cn12.Cc1cnc2ccc(-c3nc(C(=O)O)c(N)nc3-c3ncco3)cn12.c1cn[nH]n1. The van der Waals surface area contributed by atoms with Gasteiger partial charge in [-0.05, 0) is 190 Å². The Bertz CT molecular complexity index is 6250. The number of amides is 6. The topological polar surface area (TPSA) is 733 Å². The molecule has 149 heavy (non-hydrogen) atoms. The number of hydrogen-bond donors (Lipinski definition) is 12. The van der Waals surface area contributed by atoms with Crippen LogP contribution < -0.4 is 49.1 Å². The summed E-state index contributed by atoms with van der Waals surface area (Å²) in [6, 6.07) is 6.29. The van der Waals surface area contributed by atoms with Gasteiger partial charge in [0.1, 0.15) is 63.2 Å². The zero-order chi connectivity index (χ0) is 110. The third kappa shape index (κ3) is 47.9. The lowest BCUT2D eigenvalue weighted by molar-refractivity contribution is 0.0480. The monoisotopic (exact) mass is 2100 g/mol. The molecule has 0 fully saturated rings. The van der Waals surface area contributed by atoms with E-state index in [1.807, 2.05) is 138 Å². The highest BCUT2D eigenvalue weighted by Gasteiger charge is 2.29. The zero-order valence-electron chi connectivity index (χ0n) is 87.4. The molecular formula is C92H139N37O19S. The Morgan fingerprint density at radius 1 is 0.436 bits per heavy atom. The van der Waals surface area contributed by atoms with Crippen LogP contribution in [-0.2, 0) is 70.7 Å². The number of aromatic amines is 1. The molecule has 15 N–H and O–H groups in total. The fraction of sp³-hybridized carbons (Fsp3) is 0.489. The molecule has 14 rings (SSSR count). The first-order chi connectivity index (χ1) is 69.3. The van der Waals surface area contributed by atoms with Crippen LogP contribution in [0.1, 0.15) is 192 Å². The van der Waals surface area contributed by atoms with Gasteiger partial charge in [0, 0.05) is 96.3 Å². The van der Waals surface area contributed by atoms with Gasteiger partial charge < -0.3 is 101 Å². The quantitative estimate of drug-likeness (QED) is 0.0177. The summed E-state index contributed by atoms with van der Waals surface area (Å²) in [4.78, 5) is 117. The molecule has 0 unspecified atom stereocenters. The Labute approximate surface area is 861 Å². The summed E-state index contributed by atoms with van der Waals surface area (Å²) in [7, 11) is -3.48. The highest BCUT2D eigenvalue weighted by molar-refractivity contribution is 7.86. The smallest absolute Gasteiger partial charge is 0.407 e. The number of rotatable bonds is 26. The number of aryl methyl sites for hydroxylation is 2. The molecule has 0 saturated heterocycles. The molecule has 0 bridgehead atoms. The maximum absolute atomic E-state index is 13.0. The summed E-state index contributed by atoms with van der Waals surface area (Å²) in [5, 5.41) is 81.2. The molecule has 14 aromatic heterocycles. The predicted octanol–water partition coefficient (Wildman–Crippen LogP) is 9.19. The van der Waals surface area contributed by atoms with E-state index < -0.39 is 86.5 Å². The number of nitrogen functional groups attached to an aromatic ring is 2. The first-order valence-corrected chi connectivity index (χ1v) is 47.8. The number of carbonyl (C=O) groups excluding carboxylic acids is 6. The fourth-order valence-electron chi connectivity index (χ4n) is 11.6. The summed E-state index contributed by atoms with van der Waals surface area (Å²) < 4.78 is 72.4. The minimum Gasteiger partial charge on any atom is -0.476 e. The Kier molecular flexibility index (Phi) is 47.9. The van der Waals surface area contributed by atoms with Gasteiger partial charge in [0.2, 0.25) is 11.8 Å². The van der Waals surface area contributed by atoms with Crippen molar-refractivity contribution in [1.82, 2.24) is 171 Å². The second-order valence-corrected chi connectivity index (χ2v) is 39.5. The predicted molar refractivity (Wildman–Crippen MR) is 545 cm³/mol. The van der Waals surface area contributed by atoms with Crippen LogP contribution in [0, 0.1) is 13.8 Å². The van der Waals surface area contributed by atoms with Crippen LogP contribution in [0.2, 0.25) is 0 Å². The van der Waals surface area contributed by atoms with Crippen molar-refractivity contribution in [2.75, 3.05) is 30.9 Å². The lowest BCUT2D eigenvalue weighted by Crippen LogP contribution is -2.40. The van der Waals surface area contributed by atoms with Gasteiger partial charge in [-0.3, -0.25) is 27.7 Å². The van der Waals surface area contributed by atoms with Crippen LogP contribution in [0.4, 0.5) is 35.6 Å². The highest BCUT2D eigenvalue weighted by atomic mass is 32.2. The Morgan fingerprint density at radius 3 is 1.08 bits per heavy atom. The van der Waals surface area contributed by atoms with Crippen molar-refractivity contribution in [2.24, 2.45) is 5.73 Å². The molecule has 812 valence electrons. The van der Waals surface area contributed by atoms with Crippen LogP contribution >= 0.6 is 0 Å². The van der Waals surface area contributed by atoms with Gasteiger partial charge in [-0.1, -0.05) is 28.3 Å². The van der Waals surface area contributed by atoms with Gasteiger partial charge in [-0.15, -0.1) is 20.4 Å². The van der Waals surface area contributed by atoms with Gasteiger partial charge in [0.25, 0.3) is 16.0 Å². The lowest BCUT2D eigenvalue weighted by Gasteiger charge is -2.21. The highest BCUT2D eigenvalue weighted by Crippen LogP contribution is 2.33. The number of alkyl carbamates (subject to hydrolysis) is 5. The number of nitrogens with one attached hydrogen (secondary N) is 7. The molecule has 14 aromatic rings. The van der Waals surface area contributed by atoms with Gasteiger partial charge in [0.15, 0.2) is 34.4 Å². The Morgan fingerprint density at radius 2 is 0.772 bits per heavy atom. The van der Waals surface area contributed by atoms with Crippen molar-refractivity contribution in [2.45, 2.75) is 277 Å². The van der Waals surface area contributed by atoms with Crippen LogP contribution in [0.15, 0.2) is 157 Å². The number of pyridine rings is 2. The number of fused-ring (bicyclic) bond motifs is 2. The summed E-state index contributed by atoms with van der Waals surface area (Å²) in [5.41, 5.74) is 20.6. The van der Waals surface area contributed by atoms with E-state index >= 15 is 0 Å². The van der Waals surface area contributed by atoms with Crippen molar-refractivity contribution < 1.29 is 88.9 Å². The van der Waals surface area contributed by atoms with E-state index in [1.165, 1.54) is 29.7 Å². The van der Waals surface area contributed by atoms with Crippen molar-refractivity contribution in [3.8, 4) is 45.7 Å². The molecule has 0 radical (unpaired) electrons. The second-order valence-electron chi connectivity index (χ2n) is 37.9. The van der Waals surface area contributed by atoms with E-state index in [0.717, 1.165) is 35.5 Å². The molecule has 0 aromatic carbocycles. The van der Waals surface area contributed by atoms with Crippen molar-refractivity contribution in [3.63, 3.8) is 0 Å². The van der Waals surface area contributed by atoms with Gasteiger partial charge in [-0.2, -0.15) is 38.8 Å². The van der Waals surface area contributed by atoms with E-state index in [1.54, 1.807) is 179 Å². The van der Waals surface area contributed by atoms with E-state index in [0.29, 0.717) is 54.4 Å². The number of imidazole rings is 2. The molecule has 14 heterocycles. The number of carbonyl (C=O) groups is 7. The van der Waals surface area contributed by atoms with Gasteiger partial charge in [0.05, 0.1) is 132 Å². The molecule has 0 spiro atoms. The van der Waals surface area contributed by atoms with Crippen LogP contribution in [0.3, 0.4) is 0 Å². The largest absolute Gasteiger partial charge is 0.476 e. The molecular weight excluding hydrogens is 1960 g/mol. The maximum Gasteiger partial charge on any atom is 0.407 e. The lowest BCUT2D eigenvalue weighted by atomic mass is 10.1. The summed E-state index contributed by atoms with van der Waals surface area (Å²) in [6.45, 7) is 46.3. The molecule has 0 saturated carbocycles. The van der Waals surface area contributed by atoms with Crippen LogP contribution in [-0.4, -0.2) is 290 Å². The number of aromatic carboxylic acids is 1. The average molecular weight is 2100 g/mol. The molecule has 57 heteroatoms. The van der Waals surface area contributed by atoms with Crippen molar-refractivity contribution >= 4 is 75.4 Å². The number of H-pyrrole nitrogens is 1. The molecule has 56 nitrogen and oxygen atoms in total. The van der Waals surface area contributed by atoms with E-state index in [4.69, 9.17) is 54.8 Å². The third-order valence-corrected chi connectivity index (χ3v) is 18.0. The molecule has 7 atom stereocenters. The summed E-state index contributed by atoms with van der Waals surface area (Å²) >= 11 is 0. The van der Waals surface area contributed by atoms with E-state index in [2.05, 4.69) is 143 Å². The number of nitrogens with two attached hydrogens (primary N) is 3. The van der Waals surface area contributed by atoms with Crippen molar-refractivity contribution in [3.05, 3.63) is 171 Å². The van der Waals surface area contributed by atoms with E-state index in [-0.39, 0.29) is 97.4 Å². The minimum absolute atomic E-state index is 0. The number of hydrogen-bond acceptors (Lipinski definition) is 41. The molecule has 6 amide bonds. The number of anilines is 2. The zero-order valence-corrected chi connectivity index (χ0v) is 88.2. The first-order valence-electron chi connectivity index (χ1n) is 46.0. The summed E-state index contributed by atoms with van der Waals surface area (Å²) in [5.74, 6) is -1.49. The first kappa shape index (κ1) is 123. The van der Waals surface area contributed by atoms with E-state index in [9.17, 15) is 47.1 Å². The second kappa shape index (κ2) is 58.0. The number of carboxylic acid groups (broad SMARTS) is 1. The van der Waals surface area contributed by atoms with Crippen LogP contribution in [0.5, 0.6) is 0 Å². The molecule has 0 aliphatic heterocycles. The van der Waals surface area contributed by atoms with Gasteiger partial charge >= 0.3 is 36.4 Å². The number of aliphatic hydroxyl groups excluding tert-OH is 1. The minimum atomic E-state index is -3.48. The number of aromatic nitrogens is 28. The average Bonchev–Trinajstić information content (AvgIpc) is 1.73.